The zero-order valence-electron chi connectivity index (χ0n) is 14.5. The lowest BCUT2D eigenvalue weighted by atomic mass is 10.1. The van der Waals surface area contributed by atoms with Crippen LogP contribution in [0.15, 0.2) is 47.1 Å². The van der Waals surface area contributed by atoms with E-state index in [1.165, 1.54) is 5.56 Å². The van der Waals surface area contributed by atoms with Crippen molar-refractivity contribution in [1.82, 2.24) is 14.7 Å². The number of carbonyl (C=O) groups is 1. The van der Waals surface area contributed by atoms with E-state index in [9.17, 15) is 4.79 Å². The van der Waals surface area contributed by atoms with Crippen molar-refractivity contribution < 1.29 is 9.21 Å². The van der Waals surface area contributed by atoms with E-state index in [1.54, 1.807) is 10.9 Å². The molecule has 1 saturated heterocycles. The highest BCUT2D eigenvalue weighted by Crippen LogP contribution is 2.25. The summed E-state index contributed by atoms with van der Waals surface area (Å²) in [6.45, 7) is 5.73. The van der Waals surface area contributed by atoms with E-state index in [0.717, 1.165) is 37.2 Å². The van der Waals surface area contributed by atoms with E-state index in [0.29, 0.717) is 17.1 Å². The first kappa shape index (κ1) is 15.7. The SMILES string of the molecule is Cc1ccc(-n2nc(-c3ccco3)cc2C(=O)N2CCCC2)c(C)c1. The maximum Gasteiger partial charge on any atom is 0.272 e. The number of benzene rings is 1. The topological polar surface area (TPSA) is 51.3 Å². The molecule has 25 heavy (non-hydrogen) atoms. The van der Waals surface area contributed by atoms with Gasteiger partial charge in [0.05, 0.1) is 12.0 Å². The standard InChI is InChI=1S/C20H21N3O2/c1-14-7-8-17(15(2)12-14)23-18(20(24)22-9-3-4-10-22)13-16(21-23)19-6-5-11-25-19/h5-8,11-13H,3-4,9-10H2,1-2H3. The molecular formula is C20H21N3O2. The Balaban J connectivity index is 1.84. The van der Waals surface area contributed by atoms with Crippen molar-refractivity contribution in [3.05, 3.63) is 59.5 Å². The smallest absolute Gasteiger partial charge is 0.272 e. The van der Waals surface area contributed by atoms with Crippen molar-refractivity contribution in [3.63, 3.8) is 0 Å². The molecule has 0 radical (unpaired) electrons. The van der Waals surface area contributed by atoms with Crippen molar-refractivity contribution in [2.24, 2.45) is 0 Å². The molecule has 0 saturated carbocycles. The van der Waals surface area contributed by atoms with Crippen LogP contribution >= 0.6 is 0 Å². The number of aryl methyl sites for hydroxylation is 2. The molecule has 1 aromatic carbocycles. The molecule has 0 aliphatic carbocycles. The largest absolute Gasteiger partial charge is 0.463 e. The van der Waals surface area contributed by atoms with Crippen LogP contribution in [-0.4, -0.2) is 33.7 Å². The van der Waals surface area contributed by atoms with Gasteiger partial charge in [-0.1, -0.05) is 17.7 Å². The van der Waals surface area contributed by atoms with E-state index in [1.807, 2.05) is 42.2 Å². The van der Waals surface area contributed by atoms with Crippen LogP contribution in [0.1, 0.15) is 34.5 Å². The summed E-state index contributed by atoms with van der Waals surface area (Å²) in [4.78, 5) is 14.9. The Kier molecular flexibility index (Phi) is 3.92. The highest BCUT2D eigenvalue weighted by molar-refractivity contribution is 5.94. The fraction of sp³-hybridized carbons (Fsp3) is 0.300. The number of likely N-dealkylation sites (tertiary alicyclic amines) is 1. The van der Waals surface area contributed by atoms with Gasteiger partial charge in [-0.05, 0) is 50.5 Å². The molecule has 0 N–H and O–H groups in total. The number of hydrogen-bond donors (Lipinski definition) is 0. The van der Waals surface area contributed by atoms with Crippen LogP contribution in [0.4, 0.5) is 0 Å². The minimum atomic E-state index is 0.0304. The van der Waals surface area contributed by atoms with Gasteiger partial charge in [0.2, 0.25) is 0 Å². The molecule has 128 valence electrons. The number of furan rings is 1. The van der Waals surface area contributed by atoms with Crippen molar-refractivity contribution in [2.45, 2.75) is 26.7 Å². The van der Waals surface area contributed by atoms with Gasteiger partial charge in [0.15, 0.2) is 5.76 Å². The van der Waals surface area contributed by atoms with E-state index >= 15 is 0 Å². The van der Waals surface area contributed by atoms with Crippen LogP contribution in [0, 0.1) is 13.8 Å². The lowest BCUT2D eigenvalue weighted by Crippen LogP contribution is -2.29. The fourth-order valence-corrected chi connectivity index (χ4v) is 3.39. The lowest BCUT2D eigenvalue weighted by molar-refractivity contribution is 0.0784. The monoisotopic (exact) mass is 335 g/mol. The molecule has 1 fully saturated rings. The number of nitrogens with zero attached hydrogens (tertiary/aromatic N) is 3. The number of hydrogen-bond acceptors (Lipinski definition) is 3. The Bertz CT molecular complexity index is 903. The summed E-state index contributed by atoms with van der Waals surface area (Å²) >= 11 is 0. The Hall–Kier alpha value is -2.82. The first-order valence-electron chi connectivity index (χ1n) is 8.64. The number of aromatic nitrogens is 2. The summed E-state index contributed by atoms with van der Waals surface area (Å²) in [5.41, 5.74) is 4.45. The van der Waals surface area contributed by atoms with Crippen LogP contribution in [0.5, 0.6) is 0 Å². The van der Waals surface area contributed by atoms with Gasteiger partial charge >= 0.3 is 0 Å². The van der Waals surface area contributed by atoms with Gasteiger partial charge in [0, 0.05) is 19.2 Å². The van der Waals surface area contributed by atoms with Crippen molar-refractivity contribution in [3.8, 4) is 17.1 Å². The molecule has 0 bridgehead atoms. The van der Waals surface area contributed by atoms with Crippen LogP contribution in [-0.2, 0) is 0 Å². The van der Waals surface area contributed by atoms with E-state index in [4.69, 9.17) is 4.42 Å². The lowest BCUT2D eigenvalue weighted by Gasteiger charge is -2.17. The molecule has 0 atom stereocenters. The summed E-state index contributed by atoms with van der Waals surface area (Å²) in [7, 11) is 0. The quantitative estimate of drug-likeness (QED) is 0.727. The van der Waals surface area contributed by atoms with Crippen LogP contribution in [0.2, 0.25) is 0 Å². The molecule has 1 aliphatic rings. The van der Waals surface area contributed by atoms with Crippen LogP contribution in [0.25, 0.3) is 17.1 Å². The van der Waals surface area contributed by atoms with E-state index < -0.39 is 0 Å². The van der Waals surface area contributed by atoms with Gasteiger partial charge in [-0.2, -0.15) is 5.10 Å². The van der Waals surface area contributed by atoms with Gasteiger partial charge in [-0.3, -0.25) is 4.79 Å². The van der Waals surface area contributed by atoms with Crippen LogP contribution in [0.3, 0.4) is 0 Å². The fourth-order valence-electron chi connectivity index (χ4n) is 3.39. The Morgan fingerprint density at radius 3 is 2.60 bits per heavy atom. The second kappa shape index (κ2) is 6.24. The van der Waals surface area contributed by atoms with Gasteiger partial charge in [0.25, 0.3) is 5.91 Å². The first-order valence-corrected chi connectivity index (χ1v) is 8.64. The zero-order chi connectivity index (χ0) is 17.4. The van der Waals surface area contributed by atoms with Gasteiger partial charge < -0.3 is 9.32 Å². The maximum absolute atomic E-state index is 13.0. The molecule has 4 rings (SSSR count). The normalized spacial score (nSPS) is 14.2. The highest BCUT2D eigenvalue weighted by Gasteiger charge is 2.25. The summed E-state index contributed by atoms with van der Waals surface area (Å²) < 4.78 is 7.23. The second-order valence-electron chi connectivity index (χ2n) is 6.59. The Labute approximate surface area is 146 Å². The average Bonchev–Trinajstić information content (AvgIpc) is 3.34. The predicted octanol–water partition coefficient (Wildman–Crippen LogP) is 3.99. The summed E-state index contributed by atoms with van der Waals surface area (Å²) in [6, 6.07) is 11.7. The molecule has 3 heterocycles. The molecule has 5 heteroatoms. The Morgan fingerprint density at radius 2 is 1.92 bits per heavy atom. The third kappa shape index (κ3) is 2.86. The molecule has 5 nitrogen and oxygen atoms in total. The molecule has 3 aromatic rings. The van der Waals surface area contributed by atoms with E-state index in [2.05, 4.69) is 18.1 Å². The van der Waals surface area contributed by atoms with Crippen molar-refractivity contribution >= 4 is 5.91 Å². The first-order chi connectivity index (χ1) is 12.1. The molecule has 0 unspecified atom stereocenters. The number of amides is 1. The minimum Gasteiger partial charge on any atom is -0.463 e. The van der Waals surface area contributed by atoms with E-state index in [-0.39, 0.29) is 5.91 Å². The summed E-state index contributed by atoms with van der Waals surface area (Å²) in [5.74, 6) is 0.696. The molecule has 1 aliphatic heterocycles. The second-order valence-corrected chi connectivity index (χ2v) is 6.59. The summed E-state index contributed by atoms with van der Waals surface area (Å²) in [5, 5.41) is 4.68. The summed E-state index contributed by atoms with van der Waals surface area (Å²) in [6.07, 6.45) is 3.75. The third-order valence-electron chi connectivity index (χ3n) is 4.68. The van der Waals surface area contributed by atoms with Crippen molar-refractivity contribution in [1.29, 1.82) is 0 Å². The highest BCUT2D eigenvalue weighted by atomic mass is 16.3. The van der Waals surface area contributed by atoms with Crippen LogP contribution < -0.4 is 0 Å². The minimum absolute atomic E-state index is 0.0304. The molecular weight excluding hydrogens is 314 g/mol. The zero-order valence-corrected chi connectivity index (χ0v) is 14.5. The predicted molar refractivity (Wildman–Crippen MR) is 95.9 cm³/mol. The average molecular weight is 335 g/mol. The molecule has 0 spiro atoms. The maximum atomic E-state index is 13.0. The van der Waals surface area contributed by atoms with Gasteiger partial charge in [-0.15, -0.1) is 0 Å². The molecule has 2 aromatic heterocycles. The van der Waals surface area contributed by atoms with Gasteiger partial charge in [0.1, 0.15) is 11.4 Å². The van der Waals surface area contributed by atoms with Gasteiger partial charge in [-0.25, -0.2) is 4.68 Å². The number of rotatable bonds is 3. The van der Waals surface area contributed by atoms with Crippen molar-refractivity contribution in [2.75, 3.05) is 13.1 Å². The Morgan fingerprint density at radius 1 is 1.12 bits per heavy atom. The molecule has 1 amide bonds. The third-order valence-corrected chi connectivity index (χ3v) is 4.68. The number of carbonyl (C=O) groups excluding carboxylic acids is 1.